The quantitative estimate of drug-likeness (QED) is 0.455. The first-order valence-electron chi connectivity index (χ1n) is 7.44. The van der Waals surface area contributed by atoms with Gasteiger partial charge in [0.25, 0.3) is 0 Å². The highest BCUT2D eigenvalue weighted by atomic mass is 32.1. The average Bonchev–Trinajstić information content (AvgIpc) is 2.86. The highest BCUT2D eigenvalue weighted by Crippen LogP contribution is 2.25. The van der Waals surface area contributed by atoms with Gasteiger partial charge in [0.1, 0.15) is 6.29 Å². The van der Waals surface area contributed by atoms with Crippen molar-refractivity contribution < 1.29 is 11.0 Å². The third-order valence-electron chi connectivity index (χ3n) is 3.91. The summed E-state index contributed by atoms with van der Waals surface area (Å²) in [6.07, 6.45) is 9.32. The van der Waals surface area contributed by atoms with Gasteiger partial charge >= 0.3 is 0 Å². The number of hydrogen-bond donors (Lipinski definition) is 1. The first-order valence-corrected chi connectivity index (χ1v) is 8.25. The first kappa shape index (κ1) is 15.6. The molecule has 0 radical (unpaired) electrons. The molecule has 1 N–H and O–H groups in total. The van der Waals surface area contributed by atoms with Crippen LogP contribution in [0.1, 0.15) is 43.4 Å². The van der Waals surface area contributed by atoms with Gasteiger partial charge in [-0.05, 0) is 38.5 Å². The van der Waals surface area contributed by atoms with Crippen molar-refractivity contribution in [2.75, 3.05) is 13.3 Å². The smallest absolute Gasteiger partial charge is 0.120 e. The molecule has 1 aliphatic carbocycles. The van der Waals surface area contributed by atoms with Crippen LogP contribution < -0.4 is 5.32 Å². The van der Waals surface area contributed by atoms with Gasteiger partial charge in [-0.15, -0.1) is 11.3 Å². The molecule has 0 atom stereocenters. The summed E-state index contributed by atoms with van der Waals surface area (Å²) < 4.78 is 5.64. The highest BCUT2D eigenvalue weighted by molar-refractivity contribution is 7.11. The second-order valence-corrected chi connectivity index (χ2v) is 6.79. The van der Waals surface area contributed by atoms with Crippen LogP contribution in [0.2, 0.25) is 0 Å². The van der Waals surface area contributed by atoms with Crippen molar-refractivity contribution in [3.05, 3.63) is 16.1 Å². The number of rotatable bonds is 8. The summed E-state index contributed by atoms with van der Waals surface area (Å²) in [6, 6.07) is 0.559. The van der Waals surface area contributed by atoms with Gasteiger partial charge in [-0.1, -0.05) is 0 Å². The molecular weight excluding hydrogens is 272 g/mol. The van der Waals surface area contributed by atoms with Crippen molar-refractivity contribution in [2.45, 2.75) is 51.5 Å². The molecule has 0 aromatic carbocycles. The van der Waals surface area contributed by atoms with E-state index in [2.05, 4.69) is 10.3 Å². The molecule has 1 heterocycles. The fourth-order valence-corrected chi connectivity index (χ4v) is 3.46. The van der Waals surface area contributed by atoms with Gasteiger partial charge < -0.3 is 9.53 Å². The Labute approximate surface area is 126 Å². The molecule has 0 spiro atoms. The average molecular weight is 298 g/mol. The van der Waals surface area contributed by atoms with E-state index in [9.17, 15) is 4.79 Å². The Bertz CT molecular complexity index is 406. The summed E-state index contributed by atoms with van der Waals surface area (Å²) in [5.74, 6) is 0.612. The van der Waals surface area contributed by atoms with Crippen molar-refractivity contribution in [3.8, 4) is 0 Å². The molecule has 0 amide bonds. The third kappa shape index (κ3) is 5.31. The number of aryl methyl sites for hydroxylation is 1. The molecule has 114 valence electrons. The van der Waals surface area contributed by atoms with Gasteiger partial charge in [0.15, 0.2) is 0 Å². The first-order chi connectivity index (χ1) is 9.78. The van der Waals surface area contributed by atoms with Crippen molar-refractivity contribution in [3.63, 3.8) is 0 Å². The van der Waals surface area contributed by atoms with E-state index in [1.807, 2.05) is 13.1 Å². The van der Waals surface area contributed by atoms with Crippen molar-refractivity contribution in [1.82, 2.24) is 10.3 Å². The number of nitrogens with one attached hydrogen (secondary N) is 1. The molecule has 20 heavy (non-hydrogen) atoms. The molecule has 2 rings (SSSR count). The highest BCUT2D eigenvalue weighted by Gasteiger charge is 2.20. The molecule has 0 unspecified atom stereocenters. The second-order valence-electron chi connectivity index (χ2n) is 5.47. The van der Waals surface area contributed by atoms with Crippen LogP contribution in [0.15, 0.2) is 6.20 Å². The maximum Gasteiger partial charge on any atom is 0.120 e. The van der Waals surface area contributed by atoms with E-state index < -0.39 is 0 Å². The largest absolute Gasteiger partial charge is 0.366 e. The van der Waals surface area contributed by atoms with Crippen LogP contribution in [0.25, 0.3) is 0 Å². The minimum atomic E-state index is 0. The van der Waals surface area contributed by atoms with Crippen LogP contribution in [-0.4, -0.2) is 30.6 Å². The zero-order valence-electron chi connectivity index (χ0n) is 12.1. The van der Waals surface area contributed by atoms with E-state index >= 15 is 0 Å². The van der Waals surface area contributed by atoms with E-state index in [0.29, 0.717) is 18.7 Å². The zero-order chi connectivity index (χ0) is 14.2. The normalized spacial score (nSPS) is 22.9. The molecule has 5 heteroatoms. The van der Waals surface area contributed by atoms with E-state index in [0.717, 1.165) is 56.4 Å². The number of ether oxygens (including phenoxy) is 1. The van der Waals surface area contributed by atoms with Crippen LogP contribution in [0, 0.1) is 12.8 Å². The van der Waals surface area contributed by atoms with Crippen LogP contribution >= 0.6 is 11.3 Å². The number of hydrogen-bond acceptors (Lipinski definition) is 5. The molecule has 4 nitrogen and oxygen atoms in total. The Morgan fingerprint density at radius 2 is 2.30 bits per heavy atom. The number of carbonyl (C=O) groups excluding carboxylic acids is 1. The van der Waals surface area contributed by atoms with Crippen LogP contribution in [-0.2, 0) is 16.0 Å². The third-order valence-corrected chi connectivity index (χ3v) is 4.88. The molecule has 0 saturated heterocycles. The number of aromatic nitrogens is 1. The van der Waals surface area contributed by atoms with Gasteiger partial charge in [-0.3, -0.25) is 5.32 Å². The molecule has 1 saturated carbocycles. The zero-order valence-corrected chi connectivity index (χ0v) is 13.0. The molecule has 0 aliphatic heterocycles. The molecule has 1 aromatic rings. The van der Waals surface area contributed by atoms with Crippen molar-refractivity contribution >= 4 is 17.6 Å². The van der Waals surface area contributed by atoms with Crippen molar-refractivity contribution in [2.24, 2.45) is 5.92 Å². The lowest BCUT2D eigenvalue weighted by molar-refractivity contribution is -0.108. The van der Waals surface area contributed by atoms with Crippen molar-refractivity contribution in [1.29, 1.82) is 0 Å². The van der Waals surface area contributed by atoms with E-state index in [-0.39, 0.29) is 1.43 Å². The SMILES string of the molecule is Cc1ncc(CCOCNC2CCC(CC=O)CC2)s1.[HH]. The summed E-state index contributed by atoms with van der Waals surface area (Å²) >= 11 is 1.74. The summed E-state index contributed by atoms with van der Waals surface area (Å²) in [5.41, 5.74) is 0. The Morgan fingerprint density at radius 1 is 1.50 bits per heavy atom. The lowest BCUT2D eigenvalue weighted by Crippen LogP contribution is -2.35. The van der Waals surface area contributed by atoms with Gasteiger partial charge in [0.05, 0.1) is 18.3 Å². The molecule has 1 aromatic heterocycles. The second kappa shape index (κ2) is 8.49. The monoisotopic (exact) mass is 298 g/mol. The Balaban J connectivity index is 0.00000220. The van der Waals surface area contributed by atoms with Gasteiger partial charge in [-0.25, -0.2) is 4.98 Å². The summed E-state index contributed by atoms with van der Waals surface area (Å²) in [5, 5.41) is 4.57. The lowest BCUT2D eigenvalue weighted by atomic mass is 9.84. The maximum absolute atomic E-state index is 10.5. The van der Waals surface area contributed by atoms with E-state index in [4.69, 9.17) is 4.74 Å². The minimum Gasteiger partial charge on any atom is -0.366 e. The van der Waals surface area contributed by atoms with Crippen LogP contribution in [0.5, 0.6) is 0 Å². The summed E-state index contributed by atoms with van der Waals surface area (Å²) in [7, 11) is 0. The molecule has 1 aliphatic rings. The van der Waals surface area contributed by atoms with Gasteiger partial charge in [-0.2, -0.15) is 0 Å². The predicted octanol–water partition coefficient (Wildman–Crippen LogP) is 2.95. The van der Waals surface area contributed by atoms with E-state index in [1.54, 1.807) is 11.3 Å². The fraction of sp³-hybridized carbons (Fsp3) is 0.733. The molecule has 1 fully saturated rings. The van der Waals surface area contributed by atoms with Gasteiger partial charge in [0.2, 0.25) is 0 Å². The van der Waals surface area contributed by atoms with Crippen LogP contribution in [0.3, 0.4) is 0 Å². The summed E-state index contributed by atoms with van der Waals surface area (Å²) in [4.78, 5) is 16.0. The number of nitrogens with zero attached hydrogens (tertiary/aromatic N) is 1. The van der Waals surface area contributed by atoms with Gasteiger partial charge in [0, 0.05) is 31.4 Å². The van der Waals surface area contributed by atoms with Crippen LogP contribution in [0.4, 0.5) is 0 Å². The topological polar surface area (TPSA) is 51.2 Å². The Kier molecular flexibility index (Phi) is 6.63. The van der Waals surface area contributed by atoms with E-state index in [1.165, 1.54) is 4.88 Å². The summed E-state index contributed by atoms with van der Waals surface area (Å²) in [6.45, 7) is 3.40. The number of carbonyl (C=O) groups is 1. The lowest BCUT2D eigenvalue weighted by Gasteiger charge is -2.28. The Hall–Kier alpha value is -0.780. The standard InChI is InChI=1S/C15H24N2O2S.H2/c1-12-16-10-15(20-12)7-9-19-11-17-14-4-2-13(3-5-14)6-8-18;/h8,10,13-14,17H,2-7,9,11H2,1H3;1H. The predicted molar refractivity (Wildman–Crippen MR) is 83.1 cm³/mol. The molecular formula is C15H26N2O2S. The number of aldehydes is 1. The molecule has 0 bridgehead atoms. The number of thiazole rings is 1. The maximum atomic E-state index is 10.5. The Morgan fingerprint density at radius 3 is 2.95 bits per heavy atom. The fourth-order valence-electron chi connectivity index (χ4n) is 2.68. The minimum absolute atomic E-state index is 0.